The molecule has 304 valence electrons. The second-order valence-corrected chi connectivity index (χ2v) is 14.7. The first-order valence-electron chi connectivity index (χ1n) is 17.3. The van der Waals surface area contributed by atoms with Crippen molar-refractivity contribution < 1.29 is 56.8 Å². The van der Waals surface area contributed by atoms with Gasteiger partial charge in [0.05, 0.1) is 16.0 Å². The number of rotatable bonds is 10. The Balaban J connectivity index is 0.000000379. The third-order valence-electron chi connectivity index (χ3n) is 9.12. The van der Waals surface area contributed by atoms with Crippen molar-refractivity contribution in [2.45, 2.75) is 42.7 Å². The van der Waals surface area contributed by atoms with Crippen molar-refractivity contribution in [2.24, 2.45) is 0 Å². The third kappa shape index (κ3) is 12.4. The van der Waals surface area contributed by atoms with Gasteiger partial charge in [-0.25, -0.2) is 46.3 Å². The number of fused-ring (bicyclic) bond motifs is 1. The molecular weight excluding hydrogens is 773 g/mol. The summed E-state index contributed by atoms with van der Waals surface area (Å²) >= 11 is 0. The fraction of sp³-hybridized carbons (Fsp3) is 0.297. The molecule has 2 aromatic carbocycles. The largest absolute Gasteiger partial charge is 0.478 e. The molecule has 17 nitrogen and oxygen atoms in total. The number of sulfonamides is 1. The van der Waals surface area contributed by atoms with Crippen molar-refractivity contribution in [3.63, 3.8) is 0 Å². The van der Waals surface area contributed by atoms with E-state index >= 15 is 4.39 Å². The molecule has 0 spiro atoms. The summed E-state index contributed by atoms with van der Waals surface area (Å²) in [5, 5.41) is 31.9. The van der Waals surface area contributed by atoms with Crippen LogP contribution in [-0.2, 0) is 29.2 Å². The van der Waals surface area contributed by atoms with Gasteiger partial charge in [0.15, 0.2) is 0 Å². The second kappa shape index (κ2) is 19.6. The predicted molar refractivity (Wildman–Crippen MR) is 204 cm³/mol. The van der Waals surface area contributed by atoms with Gasteiger partial charge in [0.2, 0.25) is 0 Å². The highest BCUT2D eigenvalue weighted by Gasteiger charge is 2.30. The summed E-state index contributed by atoms with van der Waals surface area (Å²) in [6.07, 6.45) is 9.83. The number of nitrogen functional groups attached to an aromatic ring is 1. The number of nitrogens with two attached hydrogens (primary N) is 1. The van der Waals surface area contributed by atoms with Crippen LogP contribution in [0.1, 0.15) is 31.7 Å². The summed E-state index contributed by atoms with van der Waals surface area (Å²) in [5.74, 6) is -6.20. The zero-order valence-corrected chi connectivity index (χ0v) is 31.3. The molecule has 6 rings (SSSR count). The number of aromatic nitrogens is 3. The van der Waals surface area contributed by atoms with Gasteiger partial charge < -0.3 is 35.6 Å². The maximum Gasteiger partial charge on any atom is 0.328 e. The number of halogens is 2. The number of piperazine rings is 1. The standard InChI is InChI=1S/C29H33F2N7O2S.2C4H4O4/c1-36-11-13-37(14-12-36)21-6-8-22(9-7-21)38-17-24(27-28(32)33-18-34-29(27)38)19-5-10-26(25(31)15-19)35-41(39,40)23-4-2-3-20(30)16-23;2*5-3(6)1-2-4(7)8/h2-5,10,15-18,21-22,35H,6-9,11-14H2,1H3,(H2,32,33,34);2*1-2H,(H,5,6)(H,7,8)/b;2*2-1-. The molecule has 1 saturated heterocycles. The molecule has 2 aromatic heterocycles. The summed E-state index contributed by atoms with van der Waals surface area (Å²) in [5.41, 5.74) is 7.96. The van der Waals surface area contributed by atoms with Gasteiger partial charge in [-0.1, -0.05) is 12.1 Å². The number of hydrogen-bond donors (Lipinski definition) is 6. The lowest BCUT2D eigenvalue weighted by Crippen LogP contribution is -2.49. The Labute approximate surface area is 325 Å². The number of carbonyl (C=O) groups is 4. The van der Waals surface area contributed by atoms with Gasteiger partial charge in [0.1, 0.15) is 29.4 Å². The highest BCUT2D eigenvalue weighted by atomic mass is 32.2. The molecule has 4 aromatic rings. The van der Waals surface area contributed by atoms with Crippen LogP contribution >= 0.6 is 0 Å². The molecule has 20 heteroatoms. The molecule has 0 radical (unpaired) electrons. The molecule has 1 aliphatic heterocycles. The van der Waals surface area contributed by atoms with Crippen LogP contribution in [0.3, 0.4) is 0 Å². The molecule has 2 aliphatic rings. The van der Waals surface area contributed by atoms with Crippen molar-refractivity contribution in [1.29, 1.82) is 0 Å². The molecular formula is C37H41F2N7O10S. The van der Waals surface area contributed by atoms with E-state index < -0.39 is 45.5 Å². The number of hydrogen-bond acceptors (Lipinski definition) is 11. The van der Waals surface area contributed by atoms with Crippen LogP contribution in [0.5, 0.6) is 0 Å². The van der Waals surface area contributed by atoms with Gasteiger partial charge >= 0.3 is 23.9 Å². The first-order chi connectivity index (χ1) is 26.9. The van der Waals surface area contributed by atoms with Crippen LogP contribution in [0, 0.1) is 11.6 Å². The Morgan fingerprint density at radius 3 is 1.89 bits per heavy atom. The summed E-state index contributed by atoms with van der Waals surface area (Å²) in [6.45, 7) is 4.41. The predicted octanol–water partition coefficient (Wildman–Crippen LogP) is 3.91. The topological polar surface area (TPSA) is 259 Å². The Kier molecular flexibility index (Phi) is 14.9. The number of nitrogens with zero attached hydrogens (tertiary/aromatic N) is 5. The molecule has 0 amide bonds. The van der Waals surface area contributed by atoms with E-state index in [0.717, 1.165) is 64.0 Å². The lowest BCUT2D eigenvalue weighted by atomic mass is 9.89. The van der Waals surface area contributed by atoms with E-state index in [1.165, 1.54) is 30.6 Å². The number of nitrogens with one attached hydrogen (secondary N) is 1. The van der Waals surface area contributed by atoms with Gasteiger partial charge in [0, 0.05) is 74.3 Å². The third-order valence-corrected chi connectivity index (χ3v) is 10.5. The van der Waals surface area contributed by atoms with Crippen molar-refractivity contribution in [1.82, 2.24) is 24.3 Å². The van der Waals surface area contributed by atoms with Gasteiger partial charge in [-0.3, -0.25) is 9.62 Å². The van der Waals surface area contributed by atoms with Gasteiger partial charge in [0.25, 0.3) is 10.0 Å². The molecule has 0 unspecified atom stereocenters. The minimum Gasteiger partial charge on any atom is -0.478 e. The maximum atomic E-state index is 15.3. The number of aliphatic carboxylic acids is 4. The second-order valence-electron chi connectivity index (χ2n) is 13.0. The number of carboxylic acid groups (broad SMARTS) is 4. The highest BCUT2D eigenvalue weighted by molar-refractivity contribution is 7.92. The fourth-order valence-corrected chi connectivity index (χ4v) is 7.48. The average Bonchev–Trinajstić information content (AvgIpc) is 3.56. The molecule has 57 heavy (non-hydrogen) atoms. The van der Waals surface area contributed by atoms with Gasteiger partial charge in [-0.05, 0) is 68.6 Å². The first kappa shape index (κ1) is 43.5. The Morgan fingerprint density at radius 1 is 0.807 bits per heavy atom. The van der Waals surface area contributed by atoms with Crippen LogP contribution in [0.2, 0.25) is 0 Å². The van der Waals surface area contributed by atoms with E-state index in [1.54, 1.807) is 6.07 Å². The van der Waals surface area contributed by atoms with E-state index in [1.807, 2.05) is 6.20 Å². The molecule has 1 aliphatic carbocycles. The number of benzene rings is 2. The van der Waals surface area contributed by atoms with Crippen molar-refractivity contribution in [2.75, 3.05) is 43.7 Å². The Morgan fingerprint density at radius 2 is 1.37 bits per heavy atom. The SMILES string of the molecule is CN1CCN(C2CCC(n3cc(-c4ccc(NS(=O)(=O)c5cccc(F)c5)c(F)c4)c4c(N)ncnc43)CC2)CC1.O=C(O)/C=C\C(=O)O.O=C(O)/C=C\C(=O)O. The van der Waals surface area contributed by atoms with E-state index in [4.69, 9.17) is 26.2 Å². The van der Waals surface area contributed by atoms with Gasteiger partial charge in [-0.15, -0.1) is 0 Å². The summed E-state index contributed by atoms with van der Waals surface area (Å²) < 4.78 is 58.6. The zero-order valence-electron chi connectivity index (χ0n) is 30.5. The number of carboxylic acids is 4. The minimum atomic E-state index is -4.18. The summed E-state index contributed by atoms with van der Waals surface area (Å²) in [6, 6.07) is 9.60. The van der Waals surface area contributed by atoms with Crippen LogP contribution in [0.4, 0.5) is 20.3 Å². The van der Waals surface area contributed by atoms with E-state index in [2.05, 4.69) is 36.1 Å². The number of likely N-dealkylation sites (N-methyl/N-ethyl adjacent to an activating group) is 1. The van der Waals surface area contributed by atoms with Crippen molar-refractivity contribution in [3.05, 3.63) is 90.9 Å². The molecule has 2 fully saturated rings. The average molecular weight is 814 g/mol. The molecule has 3 heterocycles. The summed E-state index contributed by atoms with van der Waals surface area (Å²) in [4.78, 5) is 51.6. The lowest BCUT2D eigenvalue weighted by molar-refractivity contribution is -0.134. The molecule has 0 atom stereocenters. The van der Waals surface area contributed by atoms with E-state index in [-0.39, 0.29) is 16.6 Å². The fourth-order valence-electron chi connectivity index (χ4n) is 6.38. The normalized spacial score (nSPS) is 17.7. The maximum absolute atomic E-state index is 15.3. The smallest absolute Gasteiger partial charge is 0.328 e. The Hall–Kier alpha value is -6.25. The quantitative estimate of drug-likeness (QED) is 0.124. The zero-order chi connectivity index (χ0) is 41.9. The van der Waals surface area contributed by atoms with Gasteiger partial charge in [-0.2, -0.15) is 0 Å². The van der Waals surface area contributed by atoms with Crippen LogP contribution in [0.25, 0.3) is 22.2 Å². The van der Waals surface area contributed by atoms with E-state index in [9.17, 15) is 32.0 Å². The first-order valence-corrected chi connectivity index (χ1v) is 18.8. The monoisotopic (exact) mass is 813 g/mol. The Bertz CT molecular complexity index is 2200. The molecule has 0 bridgehead atoms. The number of anilines is 2. The minimum absolute atomic E-state index is 0.228. The van der Waals surface area contributed by atoms with Crippen molar-refractivity contribution >= 4 is 56.4 Å². The van der Waals surface area contributed by atoms with E-state index in [0.29, 0.717) is 58.3 Å². The molecule has 1 saturated carbocycles. The lowest BCUT2D eigenvalue weighted by Gasteiger charge is -2.41. The van der Waals surface area contributed by atoms with Crippen LogP contribution < -0.4 is 10.5 Å². The highest BCUT2D eigenvalue weighted by Crippen LogP contribution is 2.39. The van der Waals surface area contributed by atoms with Crippen LogP contribution in [0.15, 0.2) is 84.2 Å². The summed E-state index contributed by atoms with van der Waals surface area (Å²) in [7, 11) is -2.02. The van der Waals surface area contributed by atoms with Crippen LogP contribution in [-0.4, -0.2) is 116 Å². The van der Waals surface area contributed by atoms with Crippen molar-refractivity contribution in [3.8, 4) is 11.1 Å². The molecule has 7 N–H and O–H groups in total.